The second kappa shape index (κ2) is 8.02. The van der Waals surface area contributed by atoms with Gasteiger partial charge in [-0.1, -0.05) is 39.8 Å². The van der Waals surface area contributed by atoms with Crippen molar-refractivity contribution in [2.45, 2.75) is 4.90 Å². The summed E-state index contributed by atoms with van der Waals surface area (Å²) < 4.78 is 30.5. The highest BCUT2D eigenvalue weighted by Gasteiger charge is 2.17. The number of carbonyl (C=O) groups excluding carboxylic acids is 1. The zero-order chi connectivity index (χ0) is 18.6. The van der Waals surface area contributed by atoms with Gasteiger partial charge in [0.1, 0.15) is 10.6 Å². The Morgan fingerprint density at radius 1 is 1.19 bits per heavy atom. The fourth-order valence-corrected chi connectivity index (χ4v) is 3.77. The van der Waals surface area contributed by atoms with E-state index in [1.165, 1.54) is 42.2 Å². The highest BCUT2D eigenvalue weighted by atomic mass is 79.9. The number of hydrogen-bond donors (Lipinski definition) is 1. The lowest BCUT2D eigenvalue weighted by molar-refractivity contribution is -0.116. The van der Waals surface area contributed by atoms with Crippen LogP contribution < -0.4 is 9.50 Å². The highest BCUT2D eigenvalue weighted by Crippen LogP contribution is 2.21. The Balaban J connectivity index is 1.73. The molecule has 1 amide bonds. The third-order valence-corrected chi connectivity index (χ3v) is 5.76. The number of amides is 1. The number of carbonyl (C=O) groups is 1. The normalized spacial score (nSPS) is 16.2. The Morgan fingerprint density at radius 3 is 2.65 bits per heavy atom. The molecule has 10 heteroatoms. The highest BCUT2D eigenvalue weighted by molar-refractivity contribution is 9.10. The number of thioether (sulfide) groups is 1. The third-order valence-electron chi connectivity index (χ3n) is 3.11. The maximum absolute atomic E-state index is 12.3. The fraction of sp³-hybridized carbons (Fsp3) is 0.0625. The molecule has 1 N–H and O–H groups in total. The number of benzene rings is 2. The van der Waals surface area contributed by atoms with Gasteiger partial charge >= 0.3 is 10.1 Å². The molecule has 0 atom stereocenters. The van der Waals surface area contributed by atoms with E-state index in [1.54, 1.807) is 24.3 Å². The first-order valence-corrected chi connectivity index (χ1v) is 10.4. The summed E-state index contributed by atoms with van der Waals surface area (Å²) >= 11 is 4.52. The number of halogens is 1. The monoisotopic (exact) mass is 453 g/mol. The van der Waals surface area contributed by atoms with Crippen LogP contribution >= 0.6 is 27.7 Å². The van der Waals surface area contributed by atoms with Crippen LogP contribution in [0.15, 0.2) is 68.1 Å². The predicted molar refractivity (Wildman–Crippen MR) is 104 cm³/mol. The molecule has 0 aliphatic carbocycles. The molecule has 0 saturated carbocycles. The van der Waals surface area contributed by atoms with E-state index in [0.717, 1.165) is 4.47 Å². The average Bonchev–Trinajstić information content (AvgIpc) is 3.00. The van der Waals surface area contributed by atoms with Crippen LogP contribution in [-0.2, 0) is 14.9 Å². The standard InChI is InChI=1S/C16H12BrN3O4S2/c17-12-4-6-14(7-5-12)26(22,23)24-13-3-1-2-11(8-13)9-18-20-16-19-15(21)10-25-16/h1-9H,10H2,(H,19,20,21). The van der Waals surface area contributed by atoms with E-state index in [2.05, 4.69) is 31.4 Å². The molecule has 3 rings (SSSR count). The van der Waals surface area contributed by atoms with Crippen LogP contribution in [-0.4, -0.2) is 31.5 Å². The van der Waals surface area contributed by atoms with E-state index in [4.69, 9.17) is 4.18 Å². The van der Waals surface area contributed by atoms with Crippen molar-refractivity contribution in [3.8, 4) is 5.75 Å². The Kier molecular flexibility index (Phi) is 5.74. The summed E-state index contributed by atoms with van der Waals surface area (Å²) in [7, 11) is -3.93. The van der Waals surface area contributed by atoms with Gasteiger partial charge in [-0.2, -0.15) is 13.5 Å². The molecule has 26 heavy (non-hydrogen) atoms. The SMILES string of the molecule is O=C1CS/C(=N\N=Cc2cccc(OS(=O)(=O)c3ccc(Br)cc3)c2)N1. The molecule has 0 spiro atoms. The van der Waals surface area contributed by atoms with Crippen molar-refractivity contribution >= 4 is 55.1 Å². The van der Waals surface area contributed by atoms with Crippen LogP contribution in [0.25, 0.3) is 0 Å². The number of rotatable bonds is 5. The Hall–Kier alpha value is -2.17. The molecule has 0 radical (unpaired) electrons. The molecule has 1 heterocycles. The molecule has 1 aliphatic rings. The van der Waals surface area contributed by atoms with Gasteiger partial charge < -0.3 is 9.50 Å². The van der Waals surface area contributed by atoms with Crippen molar-refractivity contribution in [3.63, 3.8) is 0 Å². The molecule has 0 bridgehead atoms. The van der Waals surface area contributed by atoms with Crippen molar-refractivity contribution in [2.75, 3.05) is 5.75 Å². The zero-order valence-corrected chi connectivity index (χ0v) is 16.3. The largest absolute Gasteiger partial charge is 0.379 e. The summed E-state index contributed by atoms with van der Waals surface area (Å²) in [5.41, 5.74) is 0.604. The first-order valence-electron chi connectivity index (χ1n) is 7.26. The molecule has 0 unspecified atom stereocenters. The first kappa shape index (κ1) is 18.6. The molecule has 2 aromatic carbocycles. The molecule has 0 aromatic heterocycles. The third kappa shape index (κ3) is 4.93. The van der Waals surface area contributed by atoms with Gasteiger partial charge in [0.15, 0.2) is 5.17 Å². The van der Waals surface area contributed by atoms with Crippen LogP contribution in [0.5, 0.6) is 5.75 Å². The minimum absolute atomic E-state index is 0.0557. The second-order valence-corrected chi connectivity index (χ2v) is 8.48. The number of amidine groups is 1. The van der Waals surface area contributed by atoms with Crippen molar-refractivity contribution < 1.29 is 17.4 Å². The topological polar surface area (TPSA) is 97.2 Å². The van der Waals surface area contributed by atoms with Gasteiger partial charge in [0.25, 0.3) is 0 Å². The smallest absolute Gasteiger partial charge is 0.339 e. The summed E-state index contributed by atoms with van der Waals surface area (Å²) in [6, 6.07) is 12.6. The second-order valence-electron chi connectivity index (χ2n) is 5.05. The molecule has 2 aromatic rings. The van der Waals surface area contributed by atoms with Gasteiger partial charge in [-0.25, -0.2) is 0 Å². The van der Waals surface area contributed by atoms with Crippen LogP contribution in [0.3, 0.4) is 0 Å². The van der Waals surface area contributed by atoms with Crippen LogP contribution in [0, 0.1) is 0 Å². The van der Waals surface area contributed by atoms with E-state index in [1.807, 2.05) is 0 Å². The van der Waals surface area contributed by atoms with Gasteiger partial charge in [0.05, 0.1) is 12.0 Å². The van der Waals surface area contributed by atoms with Crippen LogP contribution in [0.1, 0.15) is 5.56 Å². The van der Waals surface area contributed by atoms with Gasteiger partial charge in [-0.05, 0) is 42.0 Å². The quantitative estimate of drug-likeness (QED) is 0.426. The summed E-state index contributed by atoms with van der Waals surface area (Å²) in [4.78, 5) is 11.1. The van der Waals surface area contributed by atoms with E-state index in [0.29, 0.717) is 16.5 Å². The Labute approximate surface area is 162 Å². The number of nitrogens with one attached hydrogen (secondary N) is 1. The molecule has 7 nitrogen and oxygen atoms in total. The minimum Gasteiger partial charge on any atom is -0.379 e. The predicted octanol–water partition coefficient (Wildman–Crippen LogP) is 2.77. The molecule has 1 aliphatic heterocycles. The zero-order valence-electron chi connectivity index (χ0n) is 13.1. The molecule has 1 saturated heterocycles. The minimum atomic E-state index is -3.93. The van der Waals surface area contributed by atoms with E-state index in [9.17, 15) is 13.2 Å². The van der Waals surface area contributed by atoms with Crippen LogP contribution in [0.4, 0.5) is 0 Å². The Morgan fingerprint density at radius 2 is 1.96 bits per heavy atom. The van der Waals surface area contributed by atoms with Crippen molar-refractivity contribution in [2.24, 2.45) is 10.2 Å². The maximum Gasteiger partial charge on any atom is 0.339 e. The first-order chi connectivity index (χ1) is 12.4. The van der Waals surface area contributed by atoms with Crippen molar-refractivity contribution in [3.05, 3.63) is 58.6 Å². The van der Waals surface area contributed by atoms with Gasteiger partial charge in [-0.15, -0.1) is 5.10 Å². The average molecular weight is 454 g/mol. The molecular formula is C16H12BrN3O4S2. The van der Waals surface area contributed by atoms with Gasteiger partial charge in [0, 0.05) is 4.47 Å². The van der Waals surface area contributed by atoms with Gasteiger partial charge in [0.2, 0.25) is 5.91 Å². The lowest BCUT2D eigenvalue weighted by atomic mass is 10.2. The number of nitrogens with zero attached hydrogens (tertiary/aromatic N) is 2. The summed E-state index contributed by atoms with van der Waals surface area (Å²) in [6.07, 6.45) is 1.44. The summed E-state index contributed by atoms with van der Waals surface area (Å²) in [6.45, 7) is 0. The van der Waals surface area contributed by atoms with Gasteiger partial charge in [-0.3, -0.25) is 4.79 Å². The number of hydrogen-bond acceptors (Lipinski definition) is 7. The van der Waals surface area contributed by atoms with Crippen LogP contribution in [0.2, 0.25) is 0 Å². The van der Waals surface area contributed by atoms with Crippen molar-refractivity contribution in [1.29, 1.82) is 0 Å². The van der Waals surface area contributed by atoms with E-state index >= 15 is 0 Å². The summed E-state index contributed by atoms with van der Waals surface area (Å²) in [5, 5.41) is 10.7. The van der Waals surface area contributed by atoms with E-state index < -0.39 is 10.1 Å². The molecule has 134 valence electrons. The maximum atomic E-state index is 12.3. The lowest BCUT2D eigenvalue weighted by Gasteiger charge is -2.07. The molecule has 1 fully saturated rings. The summed E-state index contributed by atoms with van der Waals surface area (Å²) in [5.74, 6) is 0.372. The Bertz CT molecular complexity index is 989. The fourth-order valence-electron chi connectivity index (χ4n) is 1.95. The van der Waals surface area contributed by atoms with Crippen molar-refractivity contribution in [1.82, 2.24) is 5.32 Å². The lowest BCUT2D eigenvalue weighted by Crippen LogP contribution is -2.19. The molecular weight excluding hydrogens is 442 g/mol. The van der Waals surface area contributed by atoms with E-state index in [-0.39, 0.29) is 16.6 Å².